The molecule has 0 saturated heterocycles. The third-order valence-electron chi connectivity index (χ3n) is 12.7. The van der Waals surface area contributed by atoms with E-state index in [0.29, 0.717) is 0 Å². The predicted molar refractivity (Wildman–Crippen MR) is 280 cm³/mol. The predicted octanol–water partition coefficient (Wildman–Crippen LogP) is 17.0. The third kappa shape index (κ3) is 6.98. The van der Waals surface area contributed by atoms with Gasteiger partial charge in [-0.15, -0.1) is 0 Å². The first kappa shape index (κ1) is 38.8. The summed E-state index contributed by atoms with van der Waals surface area (Å²) in [7, 11) is 0. The van der Waals surface area contributed by atoms with Gasteiger partial charge in [0.25, 0.3) is 0 Å². The summed E-state index contributed by atoms with van der Waals surface area (Å²) in [6, 6.07) is 91.3. The maximum Gasteiger partial charge on any atom is 0.0542 e. The molecule has 12 aromatic rings. The number of aromatic nitrogens is 2. The van der Waals surface area contributed by atoms with Crippen LogP contribution in [0, 0.1) is 0 Å². The Morgan fingerprint density at radius 1 is 0.242 bits per heavy atom. The maximum absolute atomic E-state index is 2.36. The monoisotopic (exact) mass is 844 g/mol. The molecule has 0 spiro atoms. The molecule has 4 heteroatoms. The Kier molecular flexibility index (Phi) is 9.81. The van der Waals surface area contributed by atoms with Crippen molar-refractivity contribution in [2.24, 2.45) is 0 Å². The molecule has 0 amide bonds. The lowest BCUT2D eigenvalue weighted by Crippen LogP contribution is -2.09. The van der Waals surface area contributed by atoms with Gasteiger partial charge in [-0.3, -0.25) is 0 Å². The second kappa shape index (κ2) is 16.7. The molecule has 2 aromatic heterocycles. The van der Waals surface area contributed by atoms with E-state index in [4.69, 9.17) is 0 Å². The minimum atomic E-state index is 1.10. The van der Waals surface area contributed by atoms with E-state index >= 15 is 0 Å². The molecular formula is C62H44N4. The fourth-order valence-corrected chi connectivity index (χ4v) is 9.62. The summed E-state index contributed by atoms with van der Waals surface area (Å²) in [6.45, 7) is 0. The average Bonchev–Trinajstić information content (AvgIpc) is 3.90. The Hall–Kier alpha value is -8.86. The van der Waals surface area contributed by atoms with Gasteiger partial charge in [-0.1, -0.05) is 146 Å². The standard InChI is InChI=1S/C62H44N4/c1-5-17-47(18-6-1)63(53-39-41-61-57(43-53)55-25-13-15-27-59(55)65(61)49-21-9-3-10-22-49)51-35-31-45(32-36-51)29-30-46-33-37-52(38-34-46)64(48-19-7-2-8-20-48)54-40-42-62-58(44-54)56-26-14-16-28-60(56)66(62)50-23-11-4-12-24-50/h1-44H/b30-29+. The summed E-state index contributed by atoms with van der Waals surface area (Å²) in [5.41, 5.74) is 16.0. The van der Waals surface area contributed by atoms with Gasteiger partial charge in [0.1, 0.15) is 0 Å². The quantitative estimate of drug-likeness (QED) is 0.128. The van der Waals surface area contributed by atoms with Crippen LogP contribution >= 0.6 is 0 Å². The van der Waals surface area contributed by atoms with Crippen molar-refractivity contribution in [3.05, 3.63) is 266 Å². The van der Waals surface area contributed by atoms with E-state index in [9.17, 15) is 0 Å². The lowest BCUT2D eigenvalue weighted by molar-refractivity contribution is 1.18. The molecular weight excluding hydrogens is 801 g/mol. The molecule has 0 unspecified atom stereocenters. The maximum atomic E-state index is 2.36. The van der Waals surface area contributed by atoms with Crippen molar-refractivity contribution >= 4 is 89.9 Å². The highest BCUT2D eigenvalue weighted by molar-refractivity contribution is 6.12. The minimum Gasteiger partial charge on any atom is -0.310 e. The van der Waals surface area contributed by atoms with Crippen molar-refractivity contribution in [1.82, 2.24) is 9.13 Å². The first-order valence-corrected chi connectivity index (χ1v) is 22.5. The van der Waals surface area contributed by atoms with Crippen LogP contribution in [0.25, 0.3) is 67.1 Å². The molecule has 10 aromatic carbocycles. The second-order valence-corrected chi connectivity index (χ2v) is 16.6. The van der Waals surface area contributed by atoms with Crippen molar-refractivity contribution in [3.63, 3.8) is 0 Å². The van der Waals surface area contributed by atoms with E-state index in [1.54, 1.807) is 0 Å². The van der Waals surface area contributed by atoms with Crippen molar-refractivity contribution < 1.29 is 0 Å². The van der Waals surface area contributed by atoms with Crippen LogP contribution in [0.4, 0.5) is 34.1 Å². The van der Waals surface area contributed by atoms with E-state index in [0.717, 1.165) is 56.6 Å². The number of benzene rings is 10. The van der Waals surface area contributed by atoms with Gasteiger partial charge in [-0.05, 0) is 132 Å². The topological polar surface area (TPSA) is 16.3 Å². The summed E-state index contributed by atoms with van der Waals surface area (Å²) in [4.78, 5) is 4.69. The molecule has 0 saturated carbocycles. The fraction of sp³-hybridized carbons (Fsp3) is 0. The summed E-state index contributed by atoms with van der Waals surface area (Å²) in [5.74, 6) is 0. The third-order valence-corrected chi connectivity index (χ3v) is 12.7. The number of hydrogen-bond donors (Lipinski definition) is 0. The molecule has 12 rings (SSSR count). The molecule has 0 radical (unpaired) electrons. The Balaban J connectivity index is 0.850. The highest BCUT2D eigenvalue weighted by Crippen LogP contribution is 2.42. The van der Waals surface area contributed by atoms with Crippen LogP contribution in [0.1, 0.15) is 11.1 Å². The first-order valence-electron chi connectivity index (χ1n) is 22.5. The highest BCUT2D eigenvalue weighted by Gasteiger charge is 2.19. The number of rotatable bonds is 10. The van der Waals surface area contributed by atoms with Crippen LogP contribution in [-0.2, 0) is 0 Å². The van der Waals surface area contributed by atoms with E-state index in [1.807, 2.05) is 0 Å². The van der Waals surface area contributed by atoms with Crippen molar-refractivity contribution in [1.29, 1.82) is 0 Å². The number of hydrogen-bond acceptors (Lipinski definition) is 2. The zero-order valence-corrected chi connectivity index (χ0v) is 36.2. The summed E-state index contributed by atoms with van der Waals surface area (Å²) in [5, 5.41) is 4.91. The minimum absolute atomic E-state index is 1.10. The molecule has 0 aliphatic rings. The van der Waals surface area contributed by atoms with Crippen molar-refractivity contribution in [3.8, 4) is 11.4 Å². The van der Waals surface area contributed by atoms with Gasteiger partial charge >= 0.3 is 0 Å². The van der Waals surface area contributed by atoms with Crippen LogP contribution in [0.2, 0.25) is 0 Å². The SMILES string of the molecule is C(=C\c1ccc(N(c2ccccc2)c2ccc3c(c2)c2ccccc2n3-c2ccccc2)cc1)/c1ccc(N(c2ccccc2)c2ccc3c(c2)c2ccccc2n3-c2ccccc2)cc1. The average molecular weight is 845 g/mol. The van der Waals surface area contributed by atoms with E-state index < -0.39 is 0 Å². The Labute approximate surface area is 384 Å². The zero-order valence-electron chi connectivity index (χ0n) is 36.2. The first-order chi connectivity index (χ1) is 32.7. The van der Waals surface area contributed by atoms with Gasteiger partial charge in [-0.25, -0.2) is 0 Å². The molecule has 4 nitrogen and oxygen atoms in total. The van der Waals surface area contributed by atoms with Crippen LogP contribution in [-0.4, -0.2) is 9.13 Å². The van der Waals surface area contributed by atoms with E-state index in [1.165, 1.54) is 43.6 Å². The zero-order chi connectivity index (χ0) is 43.8. The fourth-order valence-electron chi connectivity index (χ4n) is 9.62. The Morgan fingerprint density at radius 3 is 0.939 bits per heavy atom. The summed E-state index contributed by atoms with van der Waals surface area (Å²) in [6.07, 6.45) is 4.39. The van der Waals surface area contributed by atoms with Gasteiger partial charge in [0.05, 0.1) is 22.1 Å². The number of anilines is 6. The molecule has 2 heterocycles. The molecule has 0 atom stereocenters. The second-order valence-electron chi connectivity index (χ2n) is 16.6. The molecule has 66 heavy (non-hydrogen) atoms. The Morgan fingerprint density at radius 2 is 0.545 bits per heavy atom. The van der Waals surface area contributed by atoms with Crippen LogP contribution in [0.5, 0.6) is 0 Å². The van der Waals surface area contributed by atoms with Crippen LogP contribution < -0.4 is 9.80 Å². The molecule has 0 aliphatic heterocycles. The number of nitrogens with zero attached hydrogens (tertiary/aromatic N) is 4. The largest absolute Gasteiger partial charge is 0.310 e. The smallest absolute Gasteiger partial charge is 0.0542 e. The molecule has 0 bridgehead atoms. The number of fused-ring (bicyclic) bond motifs is 6. The normalized spacial score (nSPS) is 11.6. The Bertz CT molecular complexity index is 3420. The summed E-state index contributed by atoms with van der Waals surface area (Å²) < 4.78 is 4.73. The lowest BCUT2D eigenvalue weighted by atomic mass is 10.1. The van der Waals surface area contributed by atoms with Gasteiger partial charge in [-0.2, -0.15) is 0 Å². The van der Waals surface area contributed by atoms with Gasteiger partial charge in [0.15, 0.2) is 0 Å². The molecule has 0 aliphatic carbocycles. The lowest BCUT2D eigenvalue weighted by Gasteiger charge is -2.26. The van der Waals surface area contributed by atoms with Crippen molar-refractivity contribution in [2.45, 2.75) is 0 Å². The van der Waals surface area contributed by atoms with Crippen molar-refractivity contribution in [2.75, 3.05) is 9.80 Å². The van der Waals surface area contributed by atoms with Crippen LogP contribution in [0.3, 0.4) is 0 Å². The summed E-state index contributed by atoms with van der Waals surface area (Å²) >= 11 is 0. The number of para-hydroxylation sites is 6. The molecule has 0 N–H and O–H groups in total. The molecule has 0 fully saturated rings. The van der Waals surface area contributed by atoms with E-state index in [2.05, 4.69) is 286 Å². The van der Waals surface area contributed by atoms with E-state index in [-0.39, 0.29) is 0 Å². The highest BCUT2D eigenvalue weighted by atomic mass is 15.1. The van der Waals surface area contributed by atoms with Gasteiger partial charge in [0, 0.05) is 67.0 Å². The van der Waals surface area contributed by atoms with Crippen LogP contribution in [0.15, 0.2) is 255 Å². The molecule has 312 valence electrons. The van der Waals surface area contributed by atoms with Gasteiger partial charge in [0.2, 0.25) is 0 Å². The van der Waals surface area contributed by atoms with Gasteiger partial charge < -0.3 is 18.9 Å².